The number of allylic oxidation sites excluding steroid dienone is 2. The van der Waals surface area contributed by atoms with Gasteiger partial charge in [0.2, 0.25) is 0 Å². The molecule has 0 unspecified atom stereocenters. The second kappa shape index (κ2) is 8.19. The van der Waals surface area contributed by atoms with E-state index >= 15 is 0 Å². The monoisotopic (exact) mass is 362 g/mol. The molecule has 3 rings (SSSR count). The Hall–Kier alpha value is -3.30. The second-order valence-corrected chi connectivity index (χ2v) is 6.49. The summed E-state index contributed by atoms with van der Waals surface area (Å²) in [6, 6.07) is 19.8. The van der Waals surface area contributed by atoms with Crippen LogP contribution in [0.25, 0.3) is 5.57 Å². The first-order valence-electron chi connectivity index (χ1n) is 8.02. The van der Waals surface area contributed by atoms with Crippen molar-refractivity contribution in [1.82, 2.24) is 4.98 Å². The van der Waals surface area contributed by atoms with E-state index in [2.05, 4.69) is 16.4 Å². The molecule has 3 N–H and O–H groups in total. The first-order valence-corrected chi connectivity index (χ1v) is 8.90. The third kappa shape index (κ3) is 4.41. The van der Waals surface area contributed by atoms with Crippen molar-refractivity contribution in [2.75, 3.05) is 5.32 Å². The molecule has 1 aromatic heterocycles. The molecule has 0 radical (unpaired) electrons. The molecule has 0 aliphatic carbocycles. The number of hydrogen-bond donors (Lipinski definition) is 2. The quantitative estimate of drug-likeness (QED) is 0.622. The van der Waals surface area contributed by atoms with E-state index in [1.54, 1.807) is 6.92 Å². The molecule has 0 saturated carbocycles. The zero-order valence-corrected chi connectivity index (χ0v) is 15.1. The Kier molecular flexibility index (Phi) is 5.52. The zero-order chi connectivity index (χ0) is 18.4. The van der Waals surface area contributed by atoms with Crippen LogP contribution < -0.4 is 15.8 Å². The minimum Gasteiger partial charge on any atom is -0.489 e. The van der Waals surface area contributed by atoms with Crippen LogP contribution in [-0.2, 0) is 6.61 Å². The van der Waals surface area contributed by atoms with E-state index in [4.69, 9.17) is 15.7 Å². The standard InChI is InChI=1S/C20H18N4OS/c1-14(22)18(11-21)19-13-26-20(24-19)23-16-7-9-17(10-8-16)25-12-15-5-3-2-4-6-15/h2-10,13H,12,22H2,1H3,(H,23,24)/b18-14+. The van der Waals surface area contributed by atoms with E-state index in [9.17, 15) is 0 Å². The van der Waals surface area contributed by atoms with Gasteiger partial charge in [-0.3, -0.25) is 0 Å². The zero-order valence-electron chi connectivity index (χ0n) is 14.3. The fourth-order valence-electron chi connectivity index (χ4n) is 2.29. The number of benzene rings is 2. The summed E-state index contributed by atoms with van der Waals surface area (Å²) < 4.78 is 5.78. The highest BCUT2D eigenvalue weighted by atomic mass is 32.1. The van der Waals surface area contributed by atoms with Crippen molar-refractivity contribution in [2.24, 2.45) is 5.73 Å². The lowest BCUT2D eigenvalue weighted by molar-refractivity contribution is 0.306. The minimum absolute atomic E-state index is 0.402. The topological polar surface area (TPSA) is 84.0 Å². The van der Waals surface area contributed by atoms with Gasteiger partial charge in [-0.05, 0) is 36.8 Å². The van der Waals surface area contributed by atoms with Gasteiger partial charge in [0.25, 0.3) is 0 Å². The van der Waals surface area contributed by atoms with E-state index in [-0.39, 0.29) is 0 Å². The van der Waals surface area contributed by atoms with Gasteiger partial charge in [0, 0.05) is 16.8 Å². The molecule has 0 spiro atoms. The molecule has 0 saturated heterocycles. The molecule has 0 bridgehead atoms. The number of nitrogens with zero attached hydrogens (tertiary/aromatic N) is 2. The Morgan fingerprint density at radius 1 is 1.19 bits per heavy atom. The van der Waals surface area contributed by atoms with Gasteiger partial charge in [0.1, 0.15) is 18.4 Å². The highest BCUT2D eigenvalue weighted by Gasteiger charge is 2.09. The number of nitrogens with one attached hydrogen (secondary N) is 1. The van der Waals surface area contributed by atoms with Crippen LogP contribution in [0.1, 0.15) is 18.2 Å². The van der Waals surface area contributed by atoms with Gasteiger partial charge >= 0.3 is 0 Å². The van der Waals surface area contributed by atoms with Crippen LogP contribution >= 0.6 is 11.3 Å². The number of ether oxygens (including phenoxy) is 1. The molecule has 0 atom stereocenters. The molecule has 0 fully saturated rings. The molecule has 5 nitrogen and oxygen atoms in total. The van der Waals surface area contributed by atoms with Crippen LogP contribution in [0.2, 0.25) is 0 Å². The molecule has 0 aliphatic rings. The summed E-state index contributed by atoms with van der Waals surface area (Å²) >= 11 is 1.42. The summed E-state index contributed by atoms with van der Waals surface area (Å²) in [7, 11) is 0. The average molecular weight is 362 g/mol. The molecule has 26 heavy (non-hydrogen) atoms. The maximum Gasteiger partial charge on any atom is 0.187 e. The third-order valence-corrected chi connectivity index (χ3v) is 4.38. The number of anilines is 2. The van der Waals surface area contributed by atoms with E-state index in [0.717, 1.165) is 17.0 Å². The number of nitrogens with two attached hydrogens (primary N) is 1. The number of hydrogen-bond acceptors (Lipinski definition) is 6. The van der Waals surface area contributed by atoms with Crippen molar-refractivity contribution in [2.45, 2.75) is 13.5 Å². The summed E-state index contributed by atoms with van der Waals surface area (Å²) in [5.41, 5.74) is 9.19. The molecule has 3 aromatic rings. The molecule has 0 aliphatic heterocycles. The number of rotatable bonds is 6. The average Bonchev–Trinajstić information content (AvgIpc) is 3.10. The lowest BCUT2D eigenvalue weighted by Gasteiger charge is -2.08. The summed E-state index contributed by atoms with van der Waals surface area (Å²) in [6.45, 7) is 2.23. The minimum atomic E-state index is 0.402. The molecule has 0 amide bonds. The Balaban J connectivity index is 1.62. The molecule has 1 heterocycles. The SMILES string of the molecule is C/C(N)=C(/C#N)c1csc(Nc2ccc(OCc3ccccc3)cc2)n1. The van der Waals surface area contributed by atoms with Crippen LogP contribution in [-0.4, -0.2) is 4.98 Å². The predicted molar refractivity (Wildman–Crippen MR) is 105 cm³/mol. The molecule has 130 valence electrons. The van der Waals surface area contributed by atoms with Crippen molar-refractivity contribution in [3.63, 3.8) is 0 Å². The van der Waals surface area contributed by atoms with Gasteiger partial charge in [-0.25, -0.2) is 4.98 Å². The van der Waals surface area contributed by atoms with Gasteiger partial charge in [0.05, 0.1) is 11.3 Å². The van der Waals surface area contributed by atoms with Gasteiger partial charge in [0.15, 0.2) is 5.13 Å². The molecule has 2 aromatic carbocycles. The fourth-order valence-corrected chi connectivity index (χ4v) is 3.01. The molecule has 6 heteroatoms. The van der Waals surface area contributed by atoms with Crippen LogP contribution in [0.5, 0.6) is 5.75 Å². The van der Waals surface area contributed by atoms with Crippen molar-refractivity contribution >= 4 is 27.7 Å². The number of nitriles is 1. The molecular formula is C20H18N4OS. The smallest absolute Gasteiger partial charge is 0.187 e. The van der Waals surface area contributed by atoms with Crippen LogP contribution in [0.3, 0.4) is 0 Å². The maximum atomic E-state index is 9.15. The Morgan fingerprint density at radius 2 is 1.92 bits per heavy atom. The van der Waals surface area contributed by atoms with E-state index in [1.165, 1.54) is 11.3 Å². The highest BCUT2D eigenvalue weighted by Crippen LogP contribution is 2.26. The van der Waals surface area contributed by atoms with Gasteiger partial charge in [-0.15, -0.1) is 11.3 Å². The Bertz CT molecular complexity index is 936. The van der Waals surface area contributed by atoms with Crippen molar-refractivity contribution in [3.05, 3.63) is 76.9 Å². The van der Waals surface area contributed by atoms with Gasteiger partial charge in [-0.1, -0.05) is 30.3 Å². The normalized spacial score (nSPS) is 11.4. The van der Waals surface area contributed by atoms with Gasteiger partial charge < -0.3 is 15.8 Å². The van der Waals surface area contributed by atoms with E-state index < -0.39 is 0 Å². The number of aromatic nitrogens is 1. The largest absolute Gasteiger partial charge is 0.489 e. The van der Waals surface area contributed by atoms with Crippen LogP contribution in [0.4, 0.5) is 10.8 Å². The first-order chi connectivity index (χ1) is 12.7. The second-order valence-electron chi connectivity index (χ2n) is 5.63. The van der Waals surface area contributed by atoms with Crippen LogP contribution in [0.15, 0.2) is 65.7 Å². The molecular weight excluding hydrogens is 344 g/mol. The lowest BCUT2D eigenvalue weighted by Crippen LogP contribution is -1.97. The summed E-state index contributed by atoms with van der Waals surface area (Å²) in [5.74, 6) is 0.799. The van der Waals surface area contributed by atoms with Crippen LogP contribution in [0, 0.1) is 11.3 Å². The van der Waals surface area contributed by atoms with E-state index in [1.807, 2.05) is 60.0 Å². The van der Waals surface area contributed by atoms with Gasteiger partial charge in [-0.2, -0.15) is 5.26 Å². The summed E-state index contributed by atoms with van der Waals surface area (Å²) in [6.07, 6.45) is 0. The first kappa shape index (κ1) is 17.5. The summed E-state index contributed by atoms with van der Waals surface area (Å²) in [5, 5.41) is 14.9. The van der Waals surface area contributed by atoms with E-state index in [0.29, 0.717) is 28.7 Å². The lowest BCUT2D eigenvalue weighted by atomic mass is 10.2. The fraction of sp³-hybridized carbons (Fsp3) is 0.100. The van der Waals surface area contributed by atoms with Crippen molar-refractivity contribution < 1.29 is 4.74 Å². The van der Waals surface area contributed by atoms with Crippen molar-refractivity contribution in [1.29, 1.82) is 5.26 Å². The maximum absolute atomic E-state index is 9.15. The highest BCUT2D eigenvalue weighted by molar-refractivity contribution is 7.13. The summed E-state index contributed by atoms with van der Waals surface area (Å²) in [4.78, 5) is 4.41. The Labute approximate surface area is 156 Å². The Morgan fingerprint density at radius 3 is 2.58 bits per heavy atom. The van der Waals surface area contributed by atoms with Crippen molar-refractivity contribution in [3.8, 4) is 11.8 Å². The third-order valence-electron chi connectivity index (χ3n) is 3.62. The predicted octanol–water partition coefficient (Wildman–Crippen LogP) is 4.68. The number of thiazole rings is 1.